The van der Waals surface area contributed by atoms with Crippen LogP contribution in [0.5, 0.6) is 0 Å². The zero-order valence-electron chi connectivity index (χ0n) is 32.2. The van der Waals surface area contributed by atoms with Crippen LogP contribution in [-0.2, 0) is 37.0 Å². The van der Waals surface area contributed by atoms with E-state index in [0.29, 0.717) is 18.5 Å². The van der Waals surface area contributed by atoms with E-state index in [1.807, 2.05) is 87.6 Å². The predicted octanol–water partition coefficient (Wildman–Crippen LogP) is 6.36. The summed E-state index contributed by atoms with van der Waals surface area (Å²) < 4.78 is 31.8. The fourth-order valence-corrected chi connectivity index (χ4v) is 7.67. The summed E-state index contributed by atoms with van der Waals surface area (Å²) >= 11 is 0. The number of hydrogen-bond acceptors (Lipinski definition) is 7. The Hall–Kier alpha value is -5.43. The number of aromatic nitrogens is 1. The van der Waals surface area contributed by atoms with Crippen LogP contribution in [0.4, 0.5) is 14.0 Å². The van der Waals surface area contributed by atoms with Gasteiger partial charge in [0.25, 0.3) is 0 Å². The number of rotatable bonds is 11. The molecule has 2 N–H and O–H groups in total. The van der Waals surface area contributed by atoms with E-state index in [2.05, 4.69) is 10.3 Å². The van der Waals surface area contributed by atoms with Gasteiger partial charge in [-0.3, -0.25) is 14.5 Å². The number of fused-ring (bicyclic) bond motifs is 2. The molecule has 0 unspecified atom stereocenters. The fourth-order valence-electron chi connectivity index (χ4n) is 7.67. The molecule has 6 rings (SSSR count). The number of likely N-dealkylation sites (N-methyl/N-ethyl adjacent to an activating group) is 1. The van der Waals surface area contributed by atoms with Gasteiger partial charge in [0.1, 0.15) is 31.1 Å². The van der Waals surface area contributed by atoms with Gasteiger partial charge in [0.2, 0.25) is 11.8 Å². The third-order valence-corrected chi connectivity index (χ3v) is 10.5. The maximum Gasteiger partial charge on any atom is 0.410 e. The zero-order valence-corrected chi connectivity index (χ0v) is 32.2. The lowest BCUT2D eigenvalue weighted by atomic mass is 9.91. The van der Waals surface area contributed by atoms with E-state index in [0.717, 1.165) is 22.1 Å². The Labute approximate surface area is 320 Å². The molecule has 3 aromatic carbocycles. The van der Waals surface area contributed by atoms with E-state index >= 15 is 0 Å². The number of benzene rings is 3. The number of hydrogen-bond donors (Lipinski definition) is 2. The molecule has 2 aliphatic heterocycles. The Morgan fingerprint density at radius 1 is 0.927 bits per heavy atom. The van der Waals surface area contributed by atoms with Crippen LogP contribution in [0.1, 0.15) is 63.6 Å². The highest BCUT2D eigenvalue weighted by Crippen LogP contribution is 2.44. The van der Waals surface area contributed by atoms with E-state index in [4.69, 9.17) is 14.2 Å². The normalized spacial score (nSPS) is 19.7. The predicted molar refractivity (Wildman–Crippen MR) is 204 cm³/mol. The minimum absolute atomic E-state index is 0.0385. The van der Waals surface area contributed by atoms with Crippen LogP contribution in [0.25, 0.3) is 10.9 Å². The number of carbonyl (C=O) groups excluding carboxylic acids is 4. The van der Waals surface area contributed by atoms with E-state index in [1.165, 1.54) is 24.1 Å². The van der Waals surface area contributed by atoms with Gasteiger partial charge in [0.15, 0.2) is 0 Å². The van der Waals surface area contributed by atoms with Crippen molar-refractivity contribution in [1.29, 1.82) is 0 Å². The Morgan fingerprint density at radius 3 is 2.20 bits per heavy atom. The topological polar surface area (TPSA) is 134 Å². The second-order valence-corrected chi connectivity index (χ2v) is 15.4. The molecule has 292 valence electrons. The Balaban J connectivity index is 1.25. The second kappa shape index (κ2) is 16.5. The Morgan fingerprint density at radius 2 is 1.56 bits per heavy atom. The number of nitrogens with zero attached hydrogens (tertiary/aromatic N) is 3. The molecule has 3 heterocycles. The molecule has 0 radical (unpaired) electrons. The van der Waals surface area contributed by atoms with Gasteiger partial charge in [-0.2, -0.15) is 0 Å². The van der Waals surface area contributed by atoms with Crippen molar-refractivity contribution in [1.82, 2.24) is 25.0 Å². The molecular formula is C42H50FN5O7. The molecule has 13 heteroatoms. The van der Waals surface area contributed by atoms with Crippen LogP contribution in [-0.4, -0.2) is 99.7 Å². The summed E-state index contributed by atoms with van der Waals surface area (Å²) in [7, 11) is 1.47. The van der Waals surface area contributed by atoms with Gasteiger partial charge in [-0.25, -0.2) is 14.0 Å². The van der Waals surface area contributed by atoms with Gasteiger partial charge < -0.3 is 34.3 Å². The Kier molecular flexibility index (Phi) is 11.8. The molecule has 6 atom stereocenters. The molecular weight excluding hydrogens is 705 g/mol. The first-order chi connectivity index (χ1) is 26.2. The maximum absolute atomic E-state index is 14.9. The molecule has 12 nitrogen and oxygen atoms in total. The van der Waals surface area contributed by atoms with Gasteiger partial charge in [0, 0.05) is 43.2 Å². The van der Waals surface area contributed by atoms with Crippen molar-refractivity contribution < 1.29 is 37.8 Å². The lowest BCUT2D eigenvalue weighted by molar-refractivity contribution is -0.146. The SMILES string of the molecule is C[C@@H](OC(C)(C)C)[C@H](NC(=O)[C@H](C)N(C)C(=O)OCc1ccccc1)C(=O)N1CC[C@@H]2[C@H]1[C@@H](c1c[nH]c3cc(F)ccc13)CN2C(=O)OCc1ccccc1. The molecule has 2 aliphatic rings. The average molecular weight is 756 g/mol. The lowest BCUT2D eigenvalue weighted by Gasteiger charge is -2.36. The summed E-state index contributed by atoms with van der Waals surface area (Å²) in [5.74, 6) is -1.69. The first kappa shape index (κ1) is 39.3. The van der Waals surface area contributed by atoms with Gasteiger partial charge in [0.05, 0.1) is 23.8 Å². The number of likely N-dealkylation sites (tertiary alicyclic amines) is 2. The lowest BCUT2D eigenvalue weighted by Crippen LogP contribution is -2.60. The number of amides is 4. The van der Waals surface area contributed by atoms with Crippen molar-refractivity contribution in [3.8, 4) is 0 Å². The average Bonchev–Trinajstić information content (AvgIpc) is 3.88. The van der Waals surface area contributed by atoms with E-state index in [-0.39, 0.29) is 43.4 Å². The van der Waals surface area contributed by atoms with Crippen molar-refractivity contribution in [3.63, 3.8) is 0 Å². The first-order valence-electron chi connectivity index (χ1n) is 18.7. The highest BCUT2D eigenvalue weighted by molar-refractivity contribution is 5.92. The van der Waals surface area contributed by atoms with Crippen molar-refractivity contribution in [2.24, 2.45) is 0 Å². The third-order valence-electron chi connectivity index (χ3n) is 10.5. The molecule has 55 heavy (non-hydrogen) atoms. The minimum atomic E-state index is -1.14. The summed E-state index contributed by atoms with van der Waals surface area (Å²) in [5.41, 5.74) is 2.43. The van der Waals surface area contributed by atoms with Crippen LogP contribution >= 0.6 is 0 Å². The number of ether oxygens (including phenoxy) is 3. The summed E-state index contributed by atoms with van der Waals surface area (Å²) in [6.45, 7) is 9.59. The highest BCUT2D eigenvalue weighted by atomic mass is 19.1. The number of halogens is 1. The summed E-state index contributed by atoms with van der Waals surface area (Å²) in [5, 5.41) is 3.69. The molecule has 0 bridgehead atoms. The minimum Gasteiger partial charge on any atom is -0.445 e. The molecule has 0 saturated carbocycles. The van der Waals surface area contributed by atoms with Gasteiger partial charge in [-0.05, 0) is 75.9 Å². The summed E-state index contributed by atoms with van der Waals surface area (Å²) in [4.78, 5) is 63.2. The van der Waals surface area contributed by atoms with E-state index in [9.17, 15) is 23.6 Å². The summed E-state index contributed by atoms with van der Waals surface area (Å²) in [6.07, 6.45) is 0.325. The third kappa shape index (κ3) is 8.94. The maximum atomic E-state index is 14.9. The number of H-pyrrole nitrogens is 1. The molecule has 4 aromatic rings. The smallest absolute Gasteiger partial charge is 0.410 e. The number of aromatic amines is 1. The van der Waals surface area contributed by atoms with Crippen molar-refractivity contribution in [3.05, 3.63) is 108 Å². The quantitative estimate of drug-likeness (QED) is 0.182. The fraction of sp³-hybridized carbons (Fsp3) is 0.429. The highest BCUT2D eigenvalue weighted by Gasteiger charge is 2.54. The van der Waals surface area contributed by atoms with Crippen LogP contribution in [0.3, 0.4) is 0 Å². The molecule has 0 aliphatic carbocycles. The van der Waals surface area contributed by atoms with Crippen LogP contribution in [0.15, 0.2) is 85.1 Å². The van der Waals surface area contributed by atoms with E-state index in [1.54, 1.807) is 29.7 Å². The first-order valence-corrected chi connectivity index (χ1v) is 18.7. The number of carbonyl (C=O) groups is 4. The van der Waals surface area contributed by atoms with Crippen LogP contribution in [0, 0.1) is 5.82 Å². The van der Waals surface area contributed by atoms with Gasteiger partial charge in [-0.15, -0.1) is 0 Å². The molecule has 0 spiro atoms. The van der Waals surface area contributed by atoms with Crippen molar-refractivity contribution in [2.75, 3.05) is 20.1 Å². The summed E-state index contributed by atoms with van der Waals surface area (Å²) in [6, 6.07) is 20.1. The Bertz CT molecular complexity index is 1980. The monoisotopic (exact) mass is 755 g/mol. The number of nitrogens with one attached hydrogen (secondary N) is 2. The van der Waals surface area contributed by atoms with Crippen LogP contribution < -0.4 is 5.32 Å². The van der Waals surface area contributed by atoms with Gasteiger partial charge in [-0.1, -0.05) is 60.7 Å². The second-order valence-electron chi connectivity index (χ2n) is 15.4. The van der Waals surface area contributed by atoms with Gasteiger partial charge >= 0.3 is 12.2 Å². The van der Waals surface area contributed by atoms with Crippen molar-refractivity contribution >= 4 is 34.9 Å². The molecule has 4 amide bonds. The van der Waals surface area contributed by atoms with E-state index < -0.39 is 47.9 Å². The van der Waals surface area contributed by atoms with Crippen LogP contribution in [0.2, 0.25) is 0 Å². The molecule has 2 saturated heterocycles. The van der Waals surface area contributed by atoms with Crippen molar-refractivity contribution in [2.45, 2.75) is 96.0 Å². The molecule has 2 fully saturated rings. The largest absolute Gasteiger partial charge is 0.445 e. The zero-order chi connectivity index (χ0) is 39.4. The molecule has 1 aromatic heterocycles. The standard InChI is InChI=1S/C42H50FN5O7/c1-26(46(6)40(51)53-24-28-13-9-7-10-14-28)38(49)45-36(27(2)55-42(3,4)5)39(50)47-20-19-35-37(47)33(32-22-44-34-21-30(43)17-18-31(32)34)23-48(35)41(52)54-25-29-15-11-8-12-16-29/h7-18,21-22,26-27,33,35-37,44H,19-20,23-25H2,1-6H3,(H,45,49)/t26-,27+,33+,35+,36-,37+/m0/s1.